The fourth-order valence-electron chi connectivity index (χ4n) is 1.61. The van der Waals surface area contributed by atoms with Crippen molar-refractivity contribution >= 4 is 10.8 Å². The topological polar surface area (TPSA) is 44.0 Å². The molecule has 0 radical (unpaired) electrons. The number of benzene rings is 2. The van der Waals surface area contributed by atoms with E-state index in [9.17, 15) is 5.11 Å². The van der Waals surface area contributed by atoms with Gasteiger partial charge in [-0.3, -0.25) is 0 Å². The van der Waals surface area contributed by atoms with Crippen molar-refractivity contribution in [3.63, 3.8) is 0 Å². The molecule has 0 aliphatic carbocycles. The van der Waals surface area contributed by atoms with E-state index in [2.05, 4.69) is 0 Å². The molecule has 2 heteroatoms. The Kier molecular flexibility index (Phi) is 1.86. The molecule has 0 amide bonds. The molecule has 0 bridgehead atoms. The third-order valence-electron chi connectivity index (χ3n) is 2.33. The van der Waals surface area contributed by atoms with E-state index >= 15 is 0 Å². The van der Waals surface area contributed by atoms with Crippen LogP contribution in [0, 0.1) is 18.3 Å². The second-order valence-corrected chi connectivity index (χ2v) is 3.25. The largest absolute Gasteiger partial charge is 0.506 e. The van der Waals surface area contributed by atoms with Gasteiger partial charge in [0.2, 0.25) is 0 Å². The molecule has 0 aromatic heterocycles. The van der Waals surface area contributed by atoms with Crippen LogP contribution < -0.4 is 0 Å². The fraction of sp³-hybridized carbons (Fsp3) is 0.0833. The van der Waals surface area contributed by atoms with Gasteiger partial charge < -0.3 is 5.11 Å². The molecule has 0 aliphatic heterocycles. The highest BCUT2D eigenvalue weighted by atomic mass is 16.3. The summed E-state index contributed by atoms with van der Waals surface area (Å²) in [6.45, 7) is 1.82. The van der Waals surface area contributed by atoms with Crippen molar-refractivity contribution in [3.8, 4) is 11.8 Å². The first-order valence-electron chi connectivity index (χ1n) is 4.35. The van der Waals surface area contributed by atoms with Crippen LogP contribution in [0.4, 0.5) is 0 Å². The van der Waals surface area contributed by atoms with Crippen LogP contribution in [-0.2, 0) is 0 Å². The lowest BCUT2D eigenvalue weighted by Crippen LogP contribution is -1.85. The van der Waals surface area contributed by atoms with Gasteiger partial charge in [-0.05, 0) is 23.9 Å². The second-order valence-electron chi connectivity index (χ2n) is 3.25. The Labute approximate surface area is 82.0 Å². The number of hydrogen-bond acceptors (Lipinski definition) is 2. The number of rotatable bonds is 0. The van der Waals surface area contributed by atoms with Crippen molar-refractivity contribution in [3.05, 3.63) is 41.5 Å². The molecule has 2 rings (SSSR count). The van der Waals surface area contributed by atoms with E-state index in [1.807, 2.05) is 43.3 Å². The molecule has 0 fully saturated rings. The Hall–Kier alpha value is -2.01. The Morgan fingerprint density at radius 3 is 2.71 bits per heavy atom. The van der Waals surface area contributed by atoms with Gasteiger partial charge in [-0.1, -0.05) is 24.3 Å². The van der Waals surface area contributed by atoms with Crippen molar-refractivity contribution in [2.75, 3.05) is 0 Å². The van der Waals surface area contributed by atoms with Crippen LogP contribution in [0.5, 0.6) is 5.75 Å². The van der Waals surface area contributed by atoms with Gasteiger partial charge >= 0.3 is 0 Å². The minimum absolute atomic E-state index is 0.0862. The van der Waals surface area contributed by atoms with Gasteiger partial charge in [0, 0.05) is 5.39 Å². The van der Waals surface area contributed by atoms with E-state index in [0.717, 1.165) is 16.3 Å². The maximum absolute atomic E-state index is 9.81. The van der Waals surface area contributed by atoms with Crippen molar-refractivity contribution in [2.45, 2.75) is 6.92 Å². The molecule has 0 spiro atoms. The Morgan fingerprint density at radius 2 is 2.00 bits per heavy atom. The SMILES string of the molecule is Cc1cc2ccccc2c(O)c1C#N. The van der Waals surface area contributed by atoms with Crippen LogP contribution in [0.1, 0.15) is 11.1 Å². The normalized spacial score (nSPS) is 10.0. The minimum Gasteiger partial charge on any atom is -0.506 e. The zero-order chi connectivity index (χ0) is 10.1. The number of fused-ring (bicyclic) bond motifs is 1. The van der Waals surface area contributed by atoms with Crippen molar-refractivity contribution in [2.24, 2.45) is 0 Å². The minimum atomic E-state index is 0.0862. The quantitative estimate of drug-likeness (QED) is 0.682. The highest BCUT2D eigenvalue weighted by Crippen LogP contribution is 2.30. The van der Waals surface area contributed by atoms with E-state index in [4.69, 9.17) is 5.26 Å². The van der Waals surface area contributed by atoms with Crippen LogP contribution >= 0.6 is 0 Å². The van der Waals surface area contributed by atoms with E-state index in [1.165, 1.54) is 0 Å². The van der Waals surface area contributed by atoms with Gasteiger partial charge in [-0.15, -0.1) is 0 Å². The number of phenolic OH excluding ortho intramolecular Hbond substituents is 1. The lowest BCUT2D eigenvalue weighted by atomic mass is 10.0. The van der Waals surface area contributed by atoms with E-state index in [1.54, 1.807) is 0 Å². The maximum Gasteiger partial charge on any atom is 0.141 e. The van der Waals surface area contributed by atoms with Crippen LogP contribution in [-0.4, -0.2) is 5.11 Å². The summed E-state index contributed by atoms with van der Waals surface area (Å²) in [5.74, 6) is 0.0862. The summed E-state index contributed by atoms with van der Waals surface area (Å²) in [7, 11) is 0. The standard InChI is InChI=1S/C12H9NO/c1-8-6-9-4-2-3-5-10(9)12(14)11(8)7-13/h2-6,14H,1H3. The monoisotopic (exact) mass is 183 g/mol. The number of nitrogens with zero attached hydrogens (tertiary/aromatic N) is 1. The predicted octanol–water partition coefficient (Wildman–Crippen LogP) is 2.73. The summed E-state index contributed by atoms with van der Waals surface area (Å²) >= 11 is 0. The van der Waals surface area contributed by atoms with Gasteiger partial charge in [0.25, 0.3) is 0 Å². The summed E-state index contributed by atoms with van der Waals surface area (Å²) in [4.78, 5) is 0. The van der Waals surface area contributed by atoms with Crippen LogP contribution in [0.3, 0.4) is 0 Å². The third-order valence-corrected chi connectivity index (χ3v) is 2.33. The average molecular weight is 183 g/mol. The van der Waals surface area contributed by atoms with Crippen LogP contribution in [0.2, 0.25) is 0 Å². The van der Waals surface area contributed by atoms with Gasteiger partial charge in [0.15, 0.2) is 0 Å². The lowest BCUT2D eigenvalue weighted by molar-refractivity contribution is 0.479. The first-order valence-corrected chi connectivity index (χ1v) is 4.35. The second kappa shape index (κ2) is 3.04. The summed E-state index contributed by atoms with van der Waals surface area (Å²) in [5, 5.41) is 20.3. The van der Waals surface area contributed by atoms with Crippen molar-refractivity contribution < 1.29 is 5.11 Å². The predicted molar refractivity (Wildman–Crippen MR) is 55.1 cm³/mol. The number of aryl methyl sites for hydroxylation is 1. The molecule has 68 valence electrons. The number of aromatic hydroxyl groups is 1. The molecule has 1 N–H and O–H groups in total. The molecule has 0 saturated carbocycles. The summed E-state index contributed by atoms with van der Waals surface area (Å²) < 4.78 is 0. The molecular formula is C12H9NO. The van der Waals surface area contributed by atoms with Gasteiger partial charge in [0.1, 0.15) is 11.8 Å². The number of phenols is 1. The van der Waals surface area contributed by atoms with Crippen molar-refractivity contribution in [1.82, 2.24) is 0 Å². The highest BCUT2D eigenvalue weighted by molar-refractivity contribution is 5.91. The lowest BCUT2D eigenvalue weighted by Gasteiger charge is -2.05. The first kappa shape index (κ1) is 8.58. The Balaban J connectivity index is 2.95. The van der Waals surface area contributed by atoms with Gasteiger partial charge in [-0.25, -0.2) is 0 Å². The molecule has 0 unspecified atom stereocenters. The van der Waals surface area contributed by atoms with Crippen LogP contribution in [0.15, 0.2) is 30.3 Å². The Morgan fingerprint density at radius 1 is 1.29 bits per heavy atom. The molecule has 0 atom stereocenters. The van der Waals surface area contributed by atoms with E-state index in [0.29, 0.717) is 5.56 Å². The van der Waals surface area contributed by atoms with Gasteiger partial charge in [0.05, 0.1) is 5.56 Å². The zero-order valence-electron chi connectivity index (χ0n) is 7.78. The molecule has 2 nitrogen and oxygen atoms in total. The molecule has 14 heavy (non-hydrogen) atoms. The maximum atomic E-state index is 9.81. The summed E-state index contributed by atoms with van der Waals surface area (Å²) in [6.07, 6.45) is 0. The molecule has 0 heterocycles. The molecule has 2 aromatic rings. The average Bonchev–Trinajstić information content (AvgIpc) is 2.18. The van der Waals surface area contributed by atoms with Gasteiger partial charge in [-0.2, -0.15) is 5.26 Å². The smallest absolute Gasteiger partial charge is 0.141 e. The molecular weight excluding hydrogens is 174 g/mol. The molecule has 0 saturated heterocycles. The fourth-order valence-corrected chi connectivity index (χ4v) is 1.61. The third kappa shape index (κ3) is 1.11. The molecule has 2 aromatic carbocycles. The summed E-state index contributed by atoms with van der Waals surface area (Å²) in [6, 6.07) is 11.4. The molecule has 0 aliphatic rings. The van der Waals surface area contributed by atoms with Crippen LogP contribution in [0.25, 0.3) is 10.8 Å². The highest BCUT2D eigenvalue weighted by Gasteiger charge is 2.08. The van der Waals surface area contributed by atoms with Crippen molar-refractivity contribution in [1.29, 1.82) is 5.26 Å². The first-order chi connectivity index (χ1) is 6.74. The Bertz CT molecular complexity index is 538. The summed E-state index contributed by atoms with van der Waals surface area (Å²) in [5.41, 5.74) is 1.17. The number of nitriles is 1. The van der Waals surface area contributed by atoms with E-state index in [-0.39, 0.29) is 5.75 Å². The number of hydrogen-bond donors (Lipinski definition) is 1. The van der Waals surface area contributed by atoms with E-state index < -0.39 is 0 Å². The zero-order valence-corrected chi connectivity index (χ0v) is 7.78.